The second-order valence-electron chi connectivity index (χ2n) is 7.32. The van der Waals surface area contributed by atoms with Crippen LogP contribution in [0.3, 0.4) is 0 Å². The lowest BCUT2D eigenvalue weighted by Gasteiger charge is -2.11. The van der Waals surface area contributed by atoms with Gasteiger partial charge in [0.2, 0.25) is 0 Å². The Kier molecular flexibility index (Phi) is 4.06. The van der Waals surface area contributed by atoms with Gasteiger partial charge in [-0.1, -0.05) is 36.4 Å². The SMILES string of the molecule is Cc1nc(-c2ccc(-c3cc4cccnc4c4ncccc34)cc2)nc(C)c1C. The molecule has 3 aromatic heterocycles. The maximum atomic E-state index is 4.67. The summed E-state index contributed by atoms with van der Waals surface area (Å²) in [6.07, 6.45) is 3.64. The highest BCUT2D eigenvalue weighted by Crippen LogP contribution is 2.33. The molecule has 0 aliphatic heterocycles. The first-order valence-corrected chi connectivity index (χ1v) is 9.67. The molecule has 140 valence electrons. The zero-order chi connectivity index (χ0) is 20.0. The van der Waals surface area contributed by atoms with E-state index in [2.05, 4.69) is 69.3 Å². The van der Waals surface area contributed by atoms with Gasteiger partial charge in [0.1, 0.15) is 0 Å². The summed E-state index contributed by atoms with van der Waals surface area (Å²) in [6.45, 7) is 6.12. The maximum Gasteiger partial charge on any atom is 0.159 e. The predicted octanol–water partition coefficient (Wildman–Crippen LogP) is 5.83. The number of aryl methyl sites for hydroxylation is 2. The van der Waals surface area contributed by atoms with Crippen molar-refractivity contribution in [1.82, 2.24) is 19.9 Å². The lowest BCUT2D eigenvalue weighted by atomic mass is 9.97. The Morgan fingerprint density at radius 3 is 2.00 bits per heavy atom. The predicted molar refractivity (Wildman–Crippen MR) is 118 cm³/mol. The van der Waals surface area contributed by atoms with Gasteiger partial charge in [-0.2, -0.15) is 0 Å². The fourth-order valence-corrected chi connectivity index (χ4v) is 3.72. The van der Waals surface area contributed by atoms with Crippen LogP contribution in [0.1, 0.15) is 17.0 Å². The Morgan fingerprint density at radius 1 is 0.655 bits per heavy atom. The molecule has 0 N–H and O–H groups in total. The van der Waals surface area contributed by atoms with Crippen molar-refractivity contribution in [2.24, 2.45) is 0 Å². The fraction of sp³-hybridized carbons (Fsp3) is 0.120. The molecule has 5 aromatic rings. The van der Waals surface area contributed by atoms with Crippen LogP contribution in [0, 0.1) is 20.8 Å². The lowest BCUT2D eigenvalue weighted by molar-refractivity contribution is 1.02. The van der Waals surface area contributed by atoms with Gasteiger partial charge < -0.3 is 0 Å². The first-order valence-electron chi connectivity index (χ1n) is 9.67. The van der Waals surface area contributed by atoms with Crippen LogP contribution in [-0.2, 0) is 0 Å². The normalized spacial score (nSPS) is 11.3. The van der Waals surface area contributed by atoms with Gasteiger partial charge in [-0.3, -0.25) is 9.97 Å². The standard InChI is InChI=1S/C25H20N4/c1-15-16(2)28-25(29-17(15)3)19-10-8-18(9-11-19)22-14-20-6-4-12-26-23(20)24-21(22)7-5-13-27-24/h4-14H,1-3H3. The first kappa shape index (κ1) is 17.4. The van der Waals surface area contributed by atoms with Gasteiger partial charge in [-0.05, 0) is 55.7 Å². The second-order valence-corrected chi connectivity index (χ2v) is 7.32. The van der Waals surface area contributed by atoms with Gasteiger partial charge in [-0.15, -0.1) is 0 Å². The number of hydrogen-bond acceptors (Lipinski definition) is 4. The summed E-state index contributed by atoms with van der Waals surface area (Å²) in [5.74, 6) is 0.770. The number of rotatable bonds is 2. The van der Waals surface area contributed by atoms with Crippen LogP contribution in [0.15, 0.2) is 67.0 Å². The van der Waals surface area contributed by atoms with Crippen LogP contribution in [0.25, 0.3) is 44.3 Å². The third-order valence-electron chi connectivity index (χ3n) is 5.55. The Morgan fingerprint density at radius 2 is 1.28 bits per heavy atom. The molecule has 0 amide bonds. The minimum absolute atomic E-state index is 0.770. The Hall–Kier alpha value is -3.66. The number of fused-ring (bicyclic) bond motifs is 3. The average Bonchev–Trinajstić information content (AvgIpc) is 2.77. The maximum absolute atomic E-state index is 4.67. The summed E-state index contributed by atoms with van der Waals surface area (Å²) in [6, 6.07) is 18.8. The van der Waals surface area contributed by atoms with E-state index >= 15 is 0 Å². The largest absolute Gasteiger partial charge is 0.254 e. The molecule has 4 heteroatoms. The Bertz CT molecular complexity index is 1350. The van der Waals surface area contributed by atoms with Crippen LogP contribution in [0.4, 0.5) is 0 Å². The number of aromatic nitrogens is 4. The van der Waals surface area contributed by atoms with Gasteiger partial charge in [0.15, 0.2) is 5.82 Å². The second kappa shape index (κ2) is 6.74. The molecule has 0 aliphatic rings. The summed E-state index contributed by atoms with van der Waals surface area (Å²) < 4.78 is 0. The topological polar surface area (TPSA) is 51.6 Å². The summed E-state index contributed by atoms with van der Waals surface area (Å²) in [5, 5.41) is 2.19. The number of benzene rings is 2. The molecule has 0 atom stereocenters. The van der Waals surface area contributed by atoms with Gasteiger partial charge in [0.25, 0.3) is 0 Å². The molecule has 0 saturated heterocycles. The van der Waals surface area contributed by atoms with Crippen molar-refractivity contribution < 1.29 is 0 Å². The molecular weight excluding hydrogens is 356 g/mol. The Balaban J connectivity index is 1.66. The summed E-state index contributed by atoms with van der Waals surface area (Å²) >= 11 is 0. The highest BCUT2D eigenvalue weighted by atomic mass is 14.9. The molecule has 2 aromatic carbocycles. The molecular formula is C25H20N4. The first-order chi connectivity index (χ1) is 14.1. The zero-order valence-corrected chi connectivity index (χ0v) is 16.6. The van der Waals surface area contributed by atoms with E-state index in [0.717, 1.165) is 61.3 Å². The van der Waals surface area contributed by atoms with Crippen molar-refractivity contribution in [2.45, 2.75) is 20.8 Å². The van der Waals surface area contributed by atoms with Crippen molar-refractivity contribution in [2.75, 3.05) is 0 Å². The molecule has 0 fully saturated rings. The molecule has 0 spiro atoms. The molecule has 0 aliphatic carbocycles. The van der Waals surface area contributed by atoms with Gasteiger partial charge in [0.05, 0.1) is 11.0 Å². The fourth-order valence-electron chi connectivity index (χ4n) is 3.72. The van der Waals surface area contributed by atoms with E-state index in [-0.39, 0.29) is 0 Å². The third-order valence-corrected chi connectivity index (χ3v) is 5.55. The van der Waals surface area contributed by atoms with Crippen molar-refractivity contribution in [3.8, 4) is 22.5 Å². The molecule has 0 unspecified atom stereocenters. The molecule has 3 heterocycles. The van der Waals surface area contributed by atoms with Crippen LogP contribution < -0.4 is 0 Å². The quantitative estimate of drug-likeness (QED) is 0.364. The molecule has 5 rings (SSSR count). The highest BCUT2D eigenvalue weighted by molar-refractivity contribution is 6.10. The summed E-state index contributed by atoms with van der Waals surface area (Å²) in [5.41, 5.74) is 8.36. The summed E-state index contributed by atoms with van der Waals surface area (Å²) in [7, 11) is 0. The minimum atomic E-state index is 0.770. The number of pyridine rings is 2. The smallest absolute Gasteiger partial charge is 0.159 e. The van der Waals surface area contributed by atoms with Crippen molar-refractivity contribution in [3.63, 3.8) is 0 Å². The molecule has 0 saturated carbocycles. The van der Waals surface area contributed by atoms with Gasteiger partial charge in [0, 0.05) is 40.1 Å². The molecule has 0 radical (unpaired) electrons. The zero-order valence-electron chi connectivity index (χ0n) is 16.6. The van der Waals surface area contributed by atoms with Gasteiger partial charge in [-0.25, -0.2) is 9.97 Å². The monoisotopic (exact) mass is 376 g/mol. The van der Waals surface area contributed by atoms with E-state index in [9.17, 15) is 0 Å². The van der Waals surface area contributed by atoms with Crippen LogP contribution in [0.2, 0.25) is 0 Å². The van der Waals surface area contributed by atoms with Crippen molar-refractivity contribution >= 4 is 21.8 Å². The van der Waals surface area contributed by atoms with Crippen molar-refractivity contribution in [3.05, 3.63) is 83.9 Å². The van der Waals surface area contributed by atoms with Crippen LogP contribution >= 0.6 is 0 Å². The summed E-state index contributed by atoms with van der Waals surface area (Å²) in [4.78, 5) is 18.5. The molecule has 4 nitrogen and oxygen atoms in total. The lowest BCUT2D eigenvalue weighted by Crippen LogP contribution is -1.99. The van der Waals surface area contributed by atoms with Crippen LogP contribution in [0.5, 0.6) is 0 Å². The van der Waals surface area contributed by atoms with E-state index in [1.807, 2.05) is 38.4 Å². The van der Waals surface area contributed by atoms with Gasteiger partial charge >= 0.3 is 0 Å². The number of nitrogens with zero attached hydrogens (tertiary/aromatic N) is 4. The average molecular weight is 376 g/mol. The minimum Gasteiger partial charge on any atom is -0.254 e. The van der Waals surface area contributed by atoms with E-state index in [1.165, 1.54) is 0 Å². The van der Waals surface area contributed by atoms with Crippen molar-refractivity contribution in [1.29, 1.82) is 0 Å². The molecule has 29 heavy (non-hydrogen) atoms. The third kappa shape index (κ3) is 2.93. The van der Waals surface area contributed by atoms with E-state index in [4.69, 9.17) is 0 Å². The van der Waals surface area contributed by atoms with Crippen LogP contribution in [-0.4, -0.2) is 19.9 Å². The number of hydrogen-bond donors (Lipinski definition) is 0. The Labute approximate surface area is 169 Å². The van der Waals surface area contributed by atoms with E-state index in [1.54, 1.807) is 0 Å². The van der Waals surface area contributed by atoms with E-state index < -0.39 is 0 Å². The van der Waals surface area contributed by atoms with E-state index in [0.29, 0.717) is 0 Å². The highest BCUT2D eigenvalue weighted by Gasteiger charge is 2.11. The molecule has 0 bridgehead atoms.